The van der Waals surface area contributed by atoms with E-state index in [2.05, 4.69) is 10.6 Å². The van der Waals surface area contributed by atoms with E-state index in [0.717, 1.165) is 24.9 Å². The van der Waals surface area contributed by atoms with Crippen LogP contribution in [0.1, 0.15) is 18.4 Å². The highest BCUT2D eigenvalue weighted by molar-refractivity contribution is 5.94. The Morgan fingerprint density at radius 1 is 1.43 bits per heavy atom. The van der Waals surface area contributed by atoms with Gasteiger partial charge in [-0.2, -0.15) is 13.2 Å². The van der Waals surface area contributed by atoms with E-state index in [1.54, 1.807) is 19.1 Å². The first-order valence-electron chi connectivity index (χ1n) is 7.17. The largest absolute Gasteiger partial charge is 0.482 e. The summed E-state index contributed by atoms with van der Waals surface area (Å²) >= 11 is 0. The van der Waals surface area contributed by atoms with Crippen LogP contribution in [0.25, 0.3) is 0 Å². The number of rotatable bonds is 4. The van der Waals surface area contributed by atoms with E-state index in [1.807, 2.05) is 0 Å². The average molecular weight is 353 g/mol. The molecule has 1 saturated heterocycles. The Kier molecular flexibility index (Phi) is 7.15. The van der Waals surface area contributed by atoms with Crippen LogP contribution < -0.4 is 15.4 Å². The number of amides is 1. The summed E-state index contributed by atoms with van der Waals surface area (Å²) in [5.74, 6) is -0.340. The van der Waals surface area contributed by atoms with Crippen molar-refractivity contribution in [1.29, 1.82) is 0 Å². The zero-order valence-electron chi connectivity index (χ0n) is 12.7. The van der Waals surface area contributed by atoms with Crippen molar-refractivity contribution < 1.29 is 22.7 Å². The molecule has 1 aliphatic rings. The number of nitrogens with one attached hydrogen (secondary N) is 2. The van der Waals surface area contributed by atoms with Crippen molar-refractivity contribution >= 4 is 24.0 Å². The Bertz CT molecular complexity index is 532. The number of hydrogen-bond donors (Lipinski definition) is 2. The topological polar surface area (TPSA) is 50.4 Å². The second-order valence-corrected chi connectivity index (χ2v) is 5.44. The maximum absolute atomic E-state index is 12.3. The fourth-order valence-corrected chi connectivity index (χ4v) is 2.32. The fraction of sp³-hybridized carbons (Fsp3) is 0.533. The van der Waals surface area contributed by atoms with Gasteiger partial charge in [-0.3, -0.25) is 4.79 Å². The van der Waals surface area contributed by atoms with E-state index in [1.165, 1.54) is 6.07 Å². The standard InChI is InChI=1S/C15H19F3N2O2.ClH/c1-10-4-5-12(13(7-10)22-9-15(16,17)18)20-14(21)11-3-2-6-19-8-11;/h4-5,7,11,19H,2-3,6,8-9H2,1H3,(H,20,21);1H. The van der Waals surface area contributed by atoms with Gasteiger partial charge in [0.05, 0.1) is 11.6 Å². The maximum atomic E-state index is 12.3. The lowest BCUT2D eigenvalue weighted by Crippen LogP contribution is -2.37. The second-order valence-electron chi connectivity index (χ2n) is 5.44. The van der Waals surface area contributed by atoms with E-state index >= 15 is 0 Å². The number of aryl methyl sites for hydroxylation is 1. The molecule has 0 saturated carbocycles. The van der Waals surface area contributed by atoms with E-state index in [0.29, 0.717) is 6.54 Å². The SMILES string of the molecule is Cc1ccc(NC(=O)C2CCCNC2)c(OCC(F)(F)F)c1.Cl. The molecule has 1 heterocycles. The summed E-state index contributed by atoms with van der Waals surface area (Å²) in [5, 5.41) is 5.80. The third-order valence-corrected chi connectivity index (χ3v) is 3.45. The zero-order valence-corrected chi connectivity index (χ0v) is 13.5. The Morgan fingerprint density at radius 2 is 2.17 bits per heavy atom. The first kappa shape index (κ1) is 19.6. The third-order valence-electron chi connectivity index (χ3n) is 3.45. The van der Waals surface area contributed by atoms with Crippen LogP contribution in [0.5, 0.6) is 5.75 Å². The third kappa shape index (κ3) is 6.27. The maximum Gasteiger partial charge on any atom is 0.422 e. The van der Waals surface area contributed by atoms with Gasteiger partial charge in [-0.25, -0.2) is 0 Å². The van der Waals surface area contributed by atoms with Crippen LogP contribution in [0.4, 0.5) is 18.9 Å². The molecule has 1 aromatic carbocycles. The molecule has 130 valence electrons. The number of carbonyl (C=O) groups is 1. The molecule has 0 radical (unpaired) electrons. The number of piperidine rings is 1. The van der Waals surface area contributed by atoms with Crippen LogP contribution >= 0.6 is 12.4 Å². The first-order valence-corrected chi connectivity index (χ1v) is 7.17. The van der Waals surface area contributed by atoms with E-state index in [4.69, 9.17) is 4.74 Å². The van der Waals surface area contributed by atoms with Gasteiger partial charge in [0.25, 0.3) is 0 Å². The number of benzene rings is 1. The first-order chi connectivity index (χ1) is 10.3. The summed E-state index contributed by atoms with van der Waals surface area (Å²) in [4.78, 5) is 12.2. The lowest BCUT2D eigenvalue weighted by atomic mass is 9.98. The normalized spacial score (nSPS) is 18.0. The van der Waals surface area contributed by atoms with Gasteiger partial charge >= 0.3 is 6.18 Å². The molecule has 0 aromatic heterocycles. The van der Waals surface area contributed by atoms with Gasteiger partial charge in [-0.15, -0.1) is 12.4 Å². The highest BCUT2D eigenvalue weighted by Gasteiger charge is 2.29. The number of halogens is 4. The highest BCUT2D eigenvalue weighted by Crippen LogP contribution is 2.28. The summed E-state index contributed by atoms with van der Waals surface area (Å²) in [6.45, 7) is 1.83. The van der Waals surface area contributed by atoms with Gasteiger partial charge in [0.2, 0.25) is 5.91 Å². The second kappa shape index (κ2) is 8.40. The molecule has 23 heavy (non-hydrogen) atoms. The Labute approximate surface area is 139 Å². The van der Waals surface area contributed by atoms with Gasteiger partial charge in [0, 0.05) is 6.54 Å². The molecule has 2 N–H and O–H groups in total. The minimum Gasteiger partial charge on any atom is -0.482 e. The molecule has 1 amide bonds. The molecule has 0 aliphatic carbocycles. The minimum absolute atomic E-state index is 0. The molecule has 1 fully saturated rings. The minimum atomic E-state index is -4.42. The van der Waals surface area contributed by atoms with Crippen molar-refractivity contribution in [2.45, 2.75) is 25.9 Å². The summed E-state index contributed by atoms with van der Waals surface area (Å²) in [6, 6.07) is 4.77. The molecule has 1 unspecified atom stereocenters. The highest BCUT2D eigenvalue weighted by atomic mass is 35.5. The smallest absolute Gasteiger partial charge is 0.422 e. The Balaban J connectivity index is 0.00000264. The quantitative estimate of drug-likeness (QED) is 0.874. The lowest BCUT2D eigenvalue weighted by molar-refractivity contribution is -0.153. The molecule has 1 atom stereocenters. The Morgan fingerprint density at radius 3 is 2.78 bits per heavy atom. The van der Waals surface area contributed by atoms with Crippen LogP contribution in [0, 0.1) is 12.8 Å². The van der Waals surface area contributed by atoms with E-state index in [9.17, 15) is 18.0 Å². The summed E-state index contributed by atoms with van der Waals surface area (Å²) in [7, 11) is 0. The number of carbonyl (C=O) groups excluding carboxylic acids is 1. The van der Waals surface area contributed by atoms with Crippen LogP contribution in [0.3, 0.4) is 0 Å². The number of anilines is 1. The predicted octanol–water partition coefficient (Wildman–Crippen LogP) is 3.30. The van der Waals surface area contributed by atoms with E-state index < -0.39 is 12.8 Å². The van der Waals surface area contributed by atoms with Crippen LogP contribution in [0.2, 0.25) is 0 Å². The fourth-order valence-electron chi connectivity index (χ4n) is 2.32. The number of hydrogen-bond acceptors (Lipinski definition) is 3. The van der Waals surface area contributed by atoms with Crippen LogP contribution in [-0.2, 0) is 4.79 Å². The van der Waals surface area contributed by atoms with Gasteiger partial charge in [-0.05, 0) is 44.0 Å². The van der Waals surface area contributed by atoms with Crippen molar-refractivity contribution in [3.63, 3.8) is 0 Å². The molecular weight excluding hydrogens is 333 g/mol. The number of ether oxygens (including phenoxy) is 1. The molecule has 1 aliphatic heterocycles. The van der Waals surface area contributed by atoms with Gasteiger partial charge in [0.1, 0.15) is 5.75 Å². The molecule has 1 aromatic rings. The van der Waals surface area contributed by atoms with Crippen molar-refractivity contribution in [3.05, 3.63) is 23.8 Å². The Hall–Kier alpha value is -1.47. The molecular formula is C15H20ClF3N2O2. The summed E-state index contributed by atoms with van der Waals surface area (Å²) in [6.07, 6.45) is -2.74. The van der Waals surface area contributed by atoms with Gasteiger partial charge in [-0.1, -0.05) is 6.07 Å². The van der Waals surface area contributed by atoms with Crippen molar-refractivity contribution in [2.24, 2.45) is 5.92 Å². The van der Waals surface area contributed by atoms with Crippen molar-refractivity contribution in [2.75, 3.05) is 25.0 Å². The van der Waals surface area contributed by atoms with Crippen molar-refractivity contribution in [3.8, 4) is 5.75 Å². The number of alkyl halides is 3. The van der Waals surface area contributed by atoms with Gasteiger partial charge in [0.15, 0.2) is 6.61 Å². The van der Waals surface area contributed by atoms with Crippen molar-refractivity contribution in [1.82, 2.24) is 5.32 Å². The van der Waals surface area contributed by atoms with Crippen LogP contribution in [0.15, 0.2) is 18.2 Å². The predicted molar refractivity (Wildman–Crippen MR) is 84.2 cm³/mol. The molecule has 4 nitrogen and oxygen atoms in total. The average Bonchev–Trinajstić information content (AvgIpc) is 2.47. The zero-order chi connectivity index (χ0) is 16.2. The van der Waals surface area contributed by atoms with Gasteiger partial charge < -0.3 is 15.4 Å². The van der Waals surface area contributed by atoms with E-state index in [-0.39, 0.29) is 35.7 Å². The monoisotopic (exact) mass is 352 g/mol. The lowest BCUT2D eigenvalue weighted by Gasteiger charge is -2.22. The molecule has 0 bridgehead atoms. The molecule has 8 heteroatoms. The summed E-state index contributed by atoms with van der Waals surface area (Å²) in [5.41, 5.74) is 1.03. The van der Waals surface area contributed by atoms with Crippen LogP contribution in [-0.4, -0.2) is 31.8 Å². The summed E-state index contributed by atoms with van der Waals surface area (Å²) < 4.78 is 41.7. The molecule has 2 rings (SSSR count). The molecule has 0 spiro atoms.